The minimum absolute atomic E-state index is 0.112. The molecule has 1 radical (unpaired) electrons. The minimum Gasteiger partial charge on any atom is -0.417 e. The van der Waals surface area contributed by atoms with E-state index >= 15 is 0 Å². The number of nitrogens with two attached hydrogens (primary N) is 1. The maximum atomic E-state index is 6.21. The second-order valence-electron chi connectivity index (χ2n) is 3.89. The topological polar surface area (TPSA) is 64.9 Å². The number of rotatable bonds is 2. The Bertz CT molecular complexity index is 252. The van der Waals surface area contributed by atoms with Gasteiger partial charge in [-0.05, 0) is 12.8 Å². The molecule has 1 aliphatic rings. The summed E-state index contributed by atoms with van der Waals surface area (Å²) in [7, 11) is 0. The Kier molecular flexibility index (Phi) is 2.31. The molecule has 0 aromatic carbocycles. The molecule has 1 fully saturated rings. The van der Waals surface area contributed by atoms with E-state index in [1.54, 1.807) is 0 Å². The summed E-state index contributed by atoms with van der Waals surface area (Å²) < 4.78 is 4.97. The lowest BCUT2D eigenvalue weighted by atomic mass is 9.80. The Labute approximate surface area is 77.5 Å². The van der Waals surface area contributed by atoms with Crippen LogP contribution in [0.15, 0.2) is 4.42 Å². The molecule has 4 heteroatoms. The molecule has 0 atom stereocenters. The van der Waals surface area contributed by atoms with Crippen molar-refractivity contribution < 1.29 is 4.42 Å². The van der Waals surface area contributed by atoms with Gasteiger partial charge in [0, 0.05) is 12.0 Å². The van der Waals surface area contributed by atoms with Gasteiger partial charge >= 0.3 is 6.39 Å². The van der Waals surface area contributed by atoms with E-state index < -0.39 is 0 Å². The highest BCUT2D eigenvalue weighted by Crippen LogP contribution is 2.28. The van der Waals surface area contributed by atoms with Gasteiger partial charge in [-0.1, -0.05) is 19.3 Å². The Morgan fingerprint density at radius 2 is 2.15 bits per heavy atom. The molecule has 13 heavy (non-hydrogen) atoms. The smallest absolute Gasteiger partial charge is 0.305 e. The zero-order valence-electron chi connectivity index (χ0n) is 7.62. The molecule has 1 heterocycles. The fraction of sp³-hybridized carbons (Fsp3) is 0.778. The normalized spacial score (nSPS) is 21.6. The summed E-state index contributed by atoms with van der Waals surface area (Å²) in [5, 5.41) is 7.32. The molecular weight excluding hydrogens is 166 g/mol. The largest absolute Gasteiger partial charge is 0.417 e. The van der Waals surface area contributed by atoms with Gasteiger partial charge in [0.05, 0.1) is 0 Å². The number of aromatic nitrogens is 2. The summed E-state index contributed by atoms with van der Waals surface area (Å²) >= 11 is 0. The van der Waals surface area contributed by atoms with Crippen molar-refractivity contribution in [1.82, 2.24) is 10.2 Å². The SMILES string of the molecule is NC1(Cc2nn[c]o2)CCCCC1. The average molecular weight is 180 g/mol. The van der Waals surface area contributed by atoms with Gasteiger partial charge in [0.25, 0.3) is 0 Å². The van der Waals surface area contributed by atoms with Crippen LogP contribution in [0.3, 0.4) is 0 Å². The molecule has 1 aliphatic carbocycles. The van der Waals surface area contributed by atoms with Crippen molar-refractivity contribution in [2.24, 2.45) is 5.73 Å². The summed E-state index contributed by atoms with van der Waals surface area (Å²) in [5.74, 6) is 0.615. The molecule has 1 aromatic rings. The molecule has 0 aliphatic heterocycles. The molecule has 2 rings (SSSR count). The second-order valence-corrected chi connectivity index (χ2v) is 3.89. The van der Waals surface area contributed by atoms with Gasteiger partial charge in [-0.2, -0.15) is 0 Å². The van der Waals surface area contributed by atoms with E-state index in [4.69, 9.17) is 10.2 Å². The van der Waals surface area contributed by atoms with Gasteiger partial charge in [0.1, 0.15) is 0 Å². The number of nitrogens with zero attached hydrogens (tertiary/aromatic N) is 2. The molecule has 0 unspecified atom stereocenters. The fourth-order valence-electron chi connectivity index (χ4n) is 1.97. The third kappa shape index (κ3) is 2.06. The van der Waals surface area contributed by atoms with Gasteiger partial charge in [-0.15, -0.1) is 10.2 Å². The van der Waals surface area contributed by atoms with Gasteiger partial charge in [-0.3, -0.25) is 0 Å². The molecule has 1 aromatic heterocycles. The second kappa shape index (κ2) is 3.46. The van der Waals surface area contributed by atoms with Gasteiger partial charge in [0.15, 0.2) is 0 Å². The Morgan fingerprint density at radius 3 is 2.77 bits per heavy atom. The first-order valence-electron chi connectivity index (χ1n) is 4.76. The lowest BCUT2D eigenvalue weighted by Gasteiger charge is -2.31. The summed E-state index contributed by atoms with van der Waals surface area (Å²) in [6.45, 7) is 0. The van der Waals surface area contributed by atoms with Crippen LogP contribution in [-0.2, 0) is 6.42 Å². The van der Waals surface area contributed by atoms with Crippen LogP contribution in [0.1, 0.15) is 38.0 Å². The van der Waals surface area contributed by atoms with Crippen LogP contribution in [-0.4, -0.2) is 15.7 Å². The monoisotopic (exact) mass is 180 g/mol. The molecule has 0 saturated heterocycles. The molecule has 2 N–H and O–H groups in total. The van der Waals surface area contributed by atoms with Gasteiger partial charge in [-0.25, -0.2) is 0 Å². The zero-order chi connectivity index (χ0) is 9.15. The molecule has 1 saturated carbocycles. The quantitative estimate of drug-likeness (QED) is 0.739. The Hall–Kier alpha value is -0.900. The highest BCUT2D eigenvalue weighted by atomic mass is 16.4. The van der Waals surface area contributed by atoms with E-state index in [0.717, 1.165) is 12.8 Å². The molecule has 0 amide bonds. The standard InChI is InChI=1S/C9H14N3O/c10-9(4-2-1-3-5-9)6-8-12-11-7-13-8/h1-6,10H2. The maximum Gasteiger partial charge on any atom is 0.305 e. The maximum absolute atomic E-state index is 6.21. The fourth-order valence-corrected chi connectivity index (χ4v) is 1.97. The van der Waals surface area contributed by atoms with Crippen molar-refractivity contribution in [3.63, 3.8) is 0 Å². The summed E-state index contributed by atoms with van der Waals surface area (Å²) in [5.41, 5.74) is 6.10. The van der Waals surface area contributed by atoms with Crippen molar-refractivity contribution in [1.29, 1.82) is 0 Å². The lowest BCUT2D eigenvalue weighted by Crippen LogP contribution is -2.43. The van der Waals surface area contributed by atoms with Gasteiger partial charge in [0.2, 0.25) is 5.89 Å². The van der Waals surface area contributed by atoms with E-state index in [-0.39, 0.29) is 5.54 Å². The molecule has 4 nitrogen and oxygen atoms in total. The van der Waals surface area contributed by atoms with E-state index in [1.165, 1.54) is 19.3 Å². The van der Waals surface area contributed by atoms with Gasteiger partial charge < -0.3 is 10.2 Å². The van der Waals surface area contributed by atoms with Crippen molar-refractivity contribution in [3.8, 4) is 0 Å². The van der Waals surface area contributed by atoms with E-state index in [2.05, 4.69) is 16.6 Å². The minimum atomic E-state index is -0.112. The Morgan fingerprint density at radius 1 is 1.38 bits per heavy atom. The van der Waals surface area contributed by atoms with Crippen molar-refractivity contribution in [2.75, 3.05) is 0 Å². The van der Waals surface area contributed by atoms with Crippen LogP contribution < -0.4 is 5.73 Å². The van der Waals surface area contributed by atoms with Crippen LogP contribution in [0.5, 0.6) is 0 Å². The van der Waals surface area contributed by atoms with Crippen LogP contribution >= 0.6 is 0 Å². The van der Waals surface area contributed by atoms with Crippen LogP contribution in [0, 0.1) is 6.39 Å². The first-order valence-corrected chi connectivity index (χ1v) is 4.76. The lowest BCUT2D eigenvalue weighted by molar-refractivity contribution is 0.273. The summed E-state index contributed by atoms with van der Waals surface area (Å²) in [4.78, 5) is 0. The molecule has 0 spiro atoms. The van der Waals surface area contributed by atoms with E-state index in [1.807, 2.05) is 0 Å². The van der Waals surface area contributed by atoms with Crippen LogP contribution in [0.25, 0.3) is 0 Å². The van der Waals surface area contributed by atoms with Crippen molar-refractivity contribution >= 4 is 0 Å². The average Bonchev–Trinajstić information content (AvgIpc) is 2.57. The van der Waals surface area contributed by atoms with E-state index in [9.17, 15) is 0 Å². The number of hydrogen-bond donors (Lipinski definition) is 1. The zero-order valence-corrected chi connectivity index (χ0v) is 7.62. The highest BCUT2D eigenvalue weighted by Gasteiger charge is 2.29. The Balaban J connectivity index is 1.99. The summed E-state index contributed by atoms with van der Waals surface area (Å²) in [6.07, 6.45) is 8.91. The third-order valence-electron chi connectivity index (χ3n) is 2.72. The predicted molar refractivity (Wildman–Crippen MR) is 46.8 cm³/mol. The predicted octanol–water partition coefficient (Wildman–Crippen LogP) is 1.07. The molecule has 0 bridgehead atoms. The van der Waals surface area contributed by atoms with E-state index in [0.29, 0.717) is 12.3 Å². The first-order chi connectivity index (χ1) is 6.29. The molecular formula is C9H14N3O. The van der Waals surface area contributed by atoms with Crippen LogP contribution in [0.2, 0.25) is 0 Å². The van der Waals surface area contributed by atoms with Crippen molar-refractivity contribution in [2.45, 2.75) is 44.1 Å². The third-order valence-corrected chi connectivity index (χ3v) is 2.72. The summed E-state index contributed by atoms with van der Waals surface area (Å²) in [6, 6.07) is 0. The first kappa shape index (κ1) is 8.69. The molecule has 71 valence electrons. The highest BCUT2D eigenvalue weighted by molar-refractivity contribution is 4.94. The van der Waals surface area contributed by atoms with Crippen LogP contribution in [0.4, 0.5) is 0 Å². The van der Waals surface area contributed by atoms with Crippen molar-refractivity contribution in [3.05, 3.63) is 12.3 Å². The number of hydrogen-bond acceptors (Lipinski definition) is 4.